The molecule has 8 aromatic rings. The summed E-state index contributed by atoms with van der Waals surface area (Å²) in [6.07, 6.45) is 0. The fourth-order valence-electron chi connectivity index (χ4n) is 9.09. The average Bonchev–Trinajstić information content (AvgIpc) is 3.47. The van der Waals surface area contributed by atoms with Gasteiger partial charge in [-0.25, -0.2) is 4.98 Å². The third kappa shape index (κ3) is 4.37. The Kier molecular flexibility index (Phi) is 6.62. The Balaban J connectivity index is 1.25. The van der Waals surface area contributed by atoms with E-state index in [1.807, 2.05) is 36.4 Å². The minimum atomic E-state index is -0.321. The molecule has 1 aromatic heterocycles. The molecule has 7 aromatic carbocycles. The molecule has 3 aliphatic rings. The molecule has 0 saturated heterocycles. The molecule has 0 spiro atoms. The lowest BCUT2D eigenvalue weighted by atomic mass is 9.53. The third-order valence-electron chi connectivity index (χ3n) is 11.5. The summed E-state index contributed by atoms with van der Waals surface area (Å²) in [5, 5.41) is 0. The second kappa shape index (κ2) is 11.6. The zero-order valence-electron chi connectivity index (χ0n) is 30.0. The van der Waals surface area contributed by atoms with Crippen LogP contribution in [0.4, 0.5) is 23.0 Å². The number of aromatic nitrogens is 3. The van der Waals surface area contributed by atoms with Gasteiger partial charge in [0.1, 0.15) is 0 Å². The Bertz CT molecular complexity index is 2710. The highest BCUT2D eigenvalue weighted by Gasteiger charge is 2.49. The number of para-hydroxylation sites is 2. The molecular weight excluding hydrogens is 657 g/mol. The summed E-state index contributed by atoms with van der Waals surface area (Å²) in [6.45, 7) is 4.38. The Morgan fingerprint density at radius 3 is 1.50 bits per heavy atom. The maximum Gasteiger partial charge on any atom is 0.424 e. The van der Waals surface area contributed by atoms with Crippen molar-refractivity contribution in [2.75, 3.05) is 9.62 Å². The van der Waals surface area contributed by atoms with Crippen LogP contribution < -0.4 is 15.1 Å². The fraction of sp³-hybridized carbons (Fsp3) is 0.0625. The maximum absolute atomic E-state index is 5.37. The SMILES string of the molecule is CC1(C)c2ccccc2-c2c(N3B4c5c(cccc5-c5ccccc53)-c3ccccc3N4c3nc(-c4ccccc4)nc(-c4ccccc4)n3)cccc21. The van der Waals surface area contributed by atoms with Gasteiger partial charge in [-0.15, -0.1) is 0 Å². The molecule has 6 heteroatoms. The van der Waals surface area contributed by atoms with Crippen molar-refractivity contribution in [3.63, 3.8) is 0 Å². The number of hydrogen-bond acceptors (Lipinski definition) is 5. The molecule has 0 bridgehead atoms. The number of rotatable bonds is 4. The van der Waals surface area contributed by atoms with E-state index >= 15 is 0 Å². The van der Waals surface area contributed by atoms with Crippen LogP contribution in [-0.4, -0.2) is 21.9 Å². The Morgan fingerprint density at radius 1 is 0.407 bits per heavy atom. The van der Waals surface area contributed by atoms with Crippen molar-refractivity contribution in [3.8, 4) is 56.2 Å². The predicted molar refractivity (Wildman–Crippen MR) is 222 cm³/mol. The molecule has 0 N–H and O–H groups in total. The van der Waals surface area contributed by atoms with Crippen molar-refractivity contribution in [2.45, 2.75) is 19.3 Å². The van der Waals surface area contributed by atoms with Crippen molar-refractivity contribution in [1.82, 2.24) is 15.0 Å². The van der Waals surface area contributed by atoms with Crippen molar-refractivity contribution < 1.29 is 0 Å². The van der Waals surface area contributed by atoms with E-state index in [1.54, 1.807) is 0 Å². The molecule has 3 heterocycles. The number of fused-ring (bicyclic) bond motifs is 7. The lowest BCUT2D eigenvalue weighted by molar-refractivity contribution is 0.660. The first kappa shape index (κ1) is 30.8. The quantitative estimate of drug-likeness (QED) is 0.172. The number of hydrogen-bond donors (Lipinski definition) is 0. The molecular formula is C48H34BN5. The molecule has 11 rings (SSSR count). The number of anilines is 4. The van der Waals surface area contributed by atoms with Gasteiger partial charge in [-0.1, -0.05) is 166 Å². The zero-order chi connectivity index (χ0) is 36.0. The molecule has 0 fully saturated rings. The van der Waals surface area contributed by atoms with Crippen LogP contribution >= 0.6 is 0 Å². The summed E-state index contributed by atoms with van der Waals surface area (Å²) in [6, 6.07) is 60.6. The van der Waals surface area contributed by atoms with Crippen LogP contribution in [-0.2, 0) is 5.41 Å². The Labute approximate surface area is 315 Å². The normalized spacial score (nSPS) is 14.1. The monoisotopic (exact) mass is 691 g/mol. The van der Waals surface area contributed by atoms with Crippen LogP contribution in [0.1, 0.15) is 25.0 Å². The summed E-state index contributed by atoms with van der Waals surface area (Å²) in [4.78, 5) is 20.8. The molecule has 54 heavy (non-hydrogen) atoms. The zero-order valence-corrected chi connectivity index (χ0v) is 30.0. The maximum atomic E-state index is 5.37. The summed E-state index contributed by atoms with van der Waals surface area (Å²) in [7, 11) is 0. The topological polar surface area (TPSA) is 45.2 Å². The minimum absolute atomic E-state index is 0.150. The first-order valence-electron chi connectivity index (χ1n) is 18.6. The molecule has 5 nitrogen and oxygen atoms in total. The molecule has 2 aliphatic heterocycles. The summed E-state index contributed by atoms with van der Waals surface area (Å²) in [5.74, 6) is 1.86. The van der Waals surface area contributed by atoms with Gasteiger partial charge in [0.2, 0.25) is 5.95 Å². The molecule has 0 unspecified atom stereocenters. The highest BCUT2D eigenvalue weighted by Crippen LogP contribution is 2.55. The standard InChI is InChI=1S/C48H34BN5/c1-48(2)38-26-12-9-23-37(38)43-39(48)27-16-30-42(43)53-40-28-13-10-21-33(40)35-24-15-25-36-34-22-11-14-29-41(34)54(49(53)44(35)36)47-51-45(31-17-5-3-6-18-31)50-46(52-47)32-19-7-4-8-20-32/h3-30H,1-2H3. The van der Waals surface area contributed by atoms with E-state index in [-0.39, 0.29) is 12.4 Å². The van der Waals surface area contributed by atoms with Crippen molar-refractivity contribution in [2.24, 2.45) is 0 Å². The number of nitrogens with zero attached hydrogens (tertiary/aromatic N) is 5. The smallest absolute Gasteiger partial charge is 0.360 e. The number of benzene rings is 7. The summed E-state index contributed by atoms with van der Waals surface area (Å²) < 4.78 is 0. The molecule has 0 radical (unpaired) electrons. The largest absolute Gasteiger partial charge is 0.424 e. The Morgan fingerprint density at radius 2 is 0.870 bits per heavy atom. The van der Waals surface area contributed by atoms with E-state index in [1.165, 1.54) is 44.4 Å². The highest BCUT2D eigenvalue weighted by atomic mass is 15.3. The van der Waals surface area contributed by atoms with E-state index in [0.717, 1.165) is 33.8 Å². The first-order chi connectivity index (χ1) is 26.6. The van der Waals surface area contributed by atoms with Crippen molar-refractivity contribution in [3.05, 3.63) is 181 Å². The van der Waals surface area contributed by atoms with E-state index in [4.69, 9.17) is 15.0 Å². The second-order valence-corrected chi connectivity index (χ2v) is 14.8. The summed E-state index contributed by atoms with van der Waals surface area (Å²) >= 11 is 0. The van der Waals surface area contributed by atoms with Gasteiger partial charge in [0.25, 0.3) is 0 Å². The molecule has 0 atom stereocenters. The van der Waals surface area contributed by atoms with Crippen LogP contribution in [0, 0.1) is 0 Å². The van der Waals surface area contributed by atoms with E-state index in [9.17, 15) is 0 Å². The van der Waals surface area contributed by atoms with E-state index in [0.29, 0.717) is 17.6 Å². The van der Waals surface area contributed by atoms with Crippen LogP contribution in [0.15, 0.2) is 170 Å². The molecule has 0 amide bonds. The van der Waals surface area contributed by atoms with Gasteiger partial charge < -0.3 is 9.62 Å². The average molecular weight is 692 g/mol. The van der Waals surface area contributed by atoms with Gasteiger partial charge in [-0.2, -0.15) is 9.97 Å². The lowest BCUT2D eigenvalue weighted by Gasteiger charge is -2.47. The van der Waals surface area contributed by atoms with Gasteiger partial charge in [0, 0.05) is 50.3 Å². The Hall–Kier alpha value is -6.79. The summed E-state index contributed by atoms with van der Waals surface area (Å²) in [5.41, 5.74) is 16.4. The van der Waals surface area contributed by atoms with Gasteiger partial charge in [0.15, 0.2) is 11.6 Å². The first-order valence-corrected chi connectivity index (χ1v) is 18.6. The van der Waals surface area contributed by atoms with E-state index in [2.05, 4.69) is 157 Å². The van der Waals surface area contributed by atoms with Crippen LogP contribution in [0.3, 0.4) is 0 Å². The minimum Gasteiger partial charge on any atom is -0.360 e. The lowest BCUT2D eigenvalue weighted by Crippen LogP contribution is -2.62. The highest BCUT2D eigenvalue weighted by molar-refractivity contribution is 6.86. The van der Waals surface area contributed by atoms with Crippen molar-refractivity contribution >= 4 is 35.5 Å². The third-order valence-corrected chi connectivity index (χ3v) is 11.5. The van der Waals surface area contributed by atoms with Crippen molar-refractivity contribution in [1.29, 1.82) is 0 Å². The second-order valence-electron chi connectivity index (χ2n) is 14.8. The fourth-order valence-corrected chi connectivity index (χ4v) is 9.09. The molecule has 1 aliphatic carbocycles. The van der Waals surface area contributed by atoms with Gasteiger partial charge in [-0.05, 0) is 51.5 Å². The van der Waals surface area contributed by atoms with Crippen LogP contribution in [0.5, 0.6) is 0 Å². The molecule has 254 valence electrons. The van der Waals surface area contributed by atoms with Gasteiger partial charge in [0.05, 0.1) is 0 Å². The van der Waals surface area contributed by atoms with Gasteiger partial charge in [-0.3, -0.25) is 0 Å². The predicted octanol–water partition coefficient (Wildman–Crippen LogP) is 10.8. The van der Waals surface area contributed by atoms with Crippen LogP contribution in [0.25, 0.3) is 56.2 Å². The van der Waals surface area contributed by atoms with Crippen LogP contribution in [0.2, 0.25) is 0 Å². The van der Waals surface area contributed by atoms with Gasteiger partial charge >= 0.3 is 6.98 Å². The van der Waals surface area contributed by atoms with E-state index < -0.39 is 0 Å². The molecule has 0 saturated carbocycles.